The first-order chi connectivity index (χ1) is 16.6. The van der Waals surface area contributed by atoms with Gasteiger partial charge >= 0.3 is 17.1 Å². The van der Waals surface area contributed by atoms with E-state index < -0.39 is 0 Å². The van der Waals surface area contributed by atoms with Crippen LogP contribution in [-0.2, 0) is 17.1 Å². The van der Waals surface area contributed by atoms with Gasteiger partial charge in [-0.05, 0) is 23.3 Å². The molecule has 2 rings (SSSR count). The molecule has 0 aliphatic rings. The molecule has 0 bridgehead atoms. The van der Waals surface area contributed by atoms with Crippen molar-refractivity contribution >= 4 is 12.4 Å². The van der Waals surface area contributed by atoms with Crippen LogP contribution in [0.4, 0.5) is 0 Å². The van der Waals surface area contributed by atoms with Crippen LogP contribution in [0.2, 0.25) is 0 Å². The van der Waals surface area contributed by atoms with Crippen molar-refractivity contribution in [1.82, 2.24) is 10.6 Å². The summed E-state index contributed by atoms with van der Waals surface area (Å²) in [6.07, 6.45) is 3.09. The first kappa shape index (κ1) is 35.8. The molecule has 0 fully saturated rings. The molecule has 0 saturated carbocycles. The number of benzene rings is 2. The summed E-state index contributed by atoms with van der Waals surface area (Å²) in [6.45, 7) is 3.83. The molecule has 0 unspecified atom stereocenters. The third-order valence-corrected chi connectivity index (χ3v) is 4.33. The summed E-state index contributed by atoms with van der Waals surface area (Å²) >= 11 is 0. The van der Waals surface area contributed by atoms with E-state index in [2.05, 4.69) is 20.6 Å². The molecule has 0 aromatic heterocycles. The SMILES string of the molecule is COc1cccc(C=NCCNCCO)c1[O-].COc1cccc(C=NCCNCCO)c1[O-].[Cl-].[Fe+5]. The number of methoxy groups -OCH3 is 2. The van der Waals surface area contributed by atoms with E-state index >= 15 is 0 Å². The van der Waals surface area contributed by atoms with Crippen LogP contribution in [0.1, 0.15) is 11.1 Å². The average Bonchev–Trinajstić information content (AvgIpc) is 2.85. The maximum absolute atomic E-state index is 11.7. The summed E-state index contributed by atoms with van der Waals surface area (Å²) in [7, 11) is 2.94. The monoisotopic (exact) mass is 565 g/mol. The van der Waals surface area contributed by atoms with Crippen LogP contribution < -0.4 is 42.7 Å². The van der Waals surface area contributed by atoms with Gasteiger partial charge in [0.1, 0.15) is 11.5 Å². The minimum Gasteiger partial charge on any atom is -1.00 e. The molecule has 0 amide bonds. The van der Waals surface area contributed by atoms with Crippen LogP contribution in [0, 0.1) is 0 Å². The molecule has 12 heteroatoms. The van der Waals surface area contributed by atoms with Crippen molar-refractivity contribution in [3.05, 3.63) is 47.5 Å². The Morgan fingerprint density at radius 2 is 1.14 bits per heavy atom. The summed E-state index contributed by atoms with van der Waals surface area (Å²) in [5.74, 6) is 0.351. The maximum atomic E-state index is 11.7. The molecule has 0 aliphatic heterocycles. The summed E-state index contributed by atoms with van der Waals surface area (Å²) < 4.78 is 9.86. The van der Waals surface area contributed by atoms with Crippen molar-refractivity contribution < 1.29 is 59.4 Å². The summed E-state index contributed by atoms with van der Waals surface area (Å²) in [6, 6.07) is 10.2. The largest absolute Gasteiger partial charge is 5.00 e. The van der Waals surface area contributed by atoms with E-state index in [1.807, 2.05) is 0 Å². The van der Waals surface area contributed by atoms with Gasteiger partial charge in [0, 0.05) is 38.6 Å². The maximum Gasteiger partial charge on any atom is 5.00 e. The number of aliphatic hydroxyl groups excluding tert-OH is 2. The van der Waals surface area contributed by atoms with Gasteiger partial charge in [0.05, 0.1) is 40.5 Å². The van der Waals surface area contributed by atoms with E-state index in [1.54, 1.807) is 48.8 Å². The third kappa shape index (κ3) is 14.3. The number of hydrogen-bond acceptors (Lipinski definition) is 10. The Bertz CT molecular complexity index is 818. The van der Waals surface area contributed by atoms with Crippen LogP contribution in [0.15, 0.2) is 46.4 Å². The molecular weight excluding hydrogens is 532 g/mol. The molecule has 0 saturated heterocycles. The first-order valence-electron chi connectivity index (χ1n) is 10.9. The van der Waals surface area contributed by atoms with Gasteiger partial charge in [-0.15, -0.1) is 0 Å². The van der Waals surface area contributed by atoms with Crippen molar-refractivity contribution in [2.45, 2.75) is 0 Å². The Morgan fingerprint density at radius 1 is 0.750 bits per heavy atom. The molecule has 2 aromatic carbocycles. The van der Waals surface area contributed by atoms with Crippen LogP contribution >= 0.6 is 0 Å². The number of nitrogens with zero attached hydrogens (tertiary/aromatic N) is 2. The topological polar surface area (TPSA) is 154 Å². The van der Waals surface area contributed by atoms with Gasteiger partial charge in [-0.1, -0.05) is 35.8 Å². The molecule has 36 heavy (non-hydrogen) atoms. The molecule has 0 heterocycles. The zero-order valence-corrected chi connectivity index (χ0v) is 22.3. The zero-order valence-electron chi connectivity index (χ0n) is 20.4. The zero-order chi connectivity index (χ0) is 25.0. The second kappa shape index (κ2) is 23.1. The molecular formula is C24H34ClFeN4O6+2. The second-order valence-electron chi connectivity index (χ2n) is 6.78. The molecule has 4 N–H and O–H groups in total. The van der Waals surface area contributed by atoms with E-state index in [-0.39, 0.29) is 54.2 Å². The number of ether oxygens (including phenoxy) is 2. The number of aliphatic imine (C=N–C) groups is 2. The van der Waals surface area contributed by atoms with E-state index in [4.69, 9.17) is 19.7 Å². The number of nitrogens with one attached hydrogen (secondary N) is 2. The van der Waals surface area contributed by atoms with E-state index in [0.717, 1.165) is 0 Å². The van der Waals surface area contributed by atoms with Crippen molar-refractivity contribution in [2.24, 2.45) is 9.98 Å². The fraction of sp³-hybridized carbons (Fsp3) is 0.417. The Labute approximate surface area is 229 Å². The molecule has 2 aromatic rings. The minimum atomic E-state index is -0.151. The van der Waals surface area contributed by atoms with Crippen LogP contribution in [-0.4, -0.2) is 89.3 Å². The number of para-hydroxylation sites is 2. The van der Waals surface area contributed by atoms with E-state index in [1.165, 1.54) is 14.2 Å². The van der Waals surface area contributed by atoms with E-state index in [0.29, 0.717) is 61.9 Å². The Balaban J connectivity index is 0. The van der Waals surface area contributed by atoms with Gasteiger partial charge in [0.15, 0.2) is 0 Å². The van der Waals surface area contributed by atoms with Crippen LogP contribution in [0.3, 0.4) is 0 Å². The van der Waals surface area contributed by atoms with Gasteiger partial charge in [-0.25, -0.2) is 0 Å². The number of hydrogen-bond donors (Lipinski definition) is 4. The molecule has 0 atom stereocenters. The van der Waals surface area contributed by atoms with Crippen LogP contribution in [0.25, 0.3) is 0 Å². The average molecular weight is 566 g/mol. The molecule has 199 valence electrons. The van der Waals surface area contributed by atoms with Crippen molar-refractivity contribution in [3.63, 3.8) is 0 Å². The molecule has 10 nitrogen and oxygen atoms in total. The molecule has 1 radical (unpaired) electrons. The minimum absolute atomic E-state index is 0. The van der Waals surface area contributed by atoms with Gasteiger partial charge in [-0.2, -0.15) is 0 Å². The molecule has 0 aliphatic carbocycles. The van der Waals surface area contributed by atoms with Crippen molar-refractivity contribution in [2.75, 3.05) is 66.7 Å². The Hall–Kier alpha value is -2.37. The number of rotatable bonds is 14. The van der Waals surface area contributed by atoms with Crippen LogP contribution in [0.5, 0.6) is 23.0 Å². The normalized spacial score (nSPS) is 10.3. The Kier molecular flexibility index (Phi) is 22.9. The fourth-order valence-electron chi connectivity index (χ4n) is 2.61. The van der Waals surface area contributed by atoms with Gasteiger partial charge in [-0.3, -0.25) is 9.98 Å². The standard InChI is InChI=1S/2C12H18N2O3.ClH.Fe/c2*1-17-11-4-2-3-10(12(11)16)9-14-6-5-13-7-8-15;;/h2*2-4,9,13,15-16H,5-8H2,1H3;1H;/q;;;+5/p-3. The predicted molar refractivity (Wildman–Crippen MR) is 130 cm³/mol. The summed E-state index contributed by atoms with van der Waals surface area (Å²) in [5, 5.41) is 46.5. The number of halogens is 1. The van der Waals surface area contributed by atoms with Crippen molar-refractivity contribution in [1.29, 1.82) is 0 Å². The fourth-order valence-corrected chi connectivity index (χ4v) is 2.61. The Morgan fingerprint density at radius 3 is 1.47 bits per heavy atom. The summed E-state index contributed by atoms with van der Waals surface area (Å²) in [5.41, 5.74) is 1.04. The smallest absolute Gasteiger partial charge is 1.00 e. The second-order valence-corrected chi connectivity index (χ2v) is 6.78. The number of aliphatic hydroxyl groups is 2. The van der Waals surface area contributed by atoms with Gasteiger partial charge in [0.2, 0.25) is 0 Å². The van der Waals surface area contributed by atoms with Crippen molar-refractivity contribution in [3.8, 4) is 23.0 Å². The first-order valence-corrected chi connectivity index (χ1v) is 10.9. The molecule has 0 spiro atoms. The van der Waals surface area contributed by atoms with Gasteiger partial charge < -0.3 is 52.9 Å². The third-order valence-electron chi connectivity index (χ3n) is 4.33. The van der Waals surface area contributed by atoms with E-state index in [9.17, 15) is 10.2 Å². The van der Waals surface area contributed by atoms with Gasteiger partial charge in [0.25, 0.3) is 0 Å². The quantitative estimate of drug-likeness (QED) is 0.105. The predicted octanol–water partition coefficient (Wildman–Crippen LogP) is -3.46. The summed E-state index contributed by atoms with van der Waals surface area (Å²) in [4.78, 5) is 8.25.